The quantitative estimate of drug-likeness (QED) is 0.614. The van der Waals surface area contributed by atoms with Crippen LogP contribution in [-0.4, -0.2) is 13.1 Å². The molecule has 2 atom stereocenters. The molecule has 1 rings (SSSR count). The summed E-state index contributed by atoms with van der Waals surface area (Å²) in [7, 11) is 1.33. The van der Waals surface area contributed by atoms with Crippen LogP contribution in [0.5, 0.6) is 0 Å². The molecule has 4 nitrogen and oxygen atoms in total. The summed E-state index contributed by atoms with van der Waals surface area (Å²) in [4.78, 5) is 11.7. The number of methoxy groups -OCH3 is 1. The maximum Gasteiger partial charge on any atom is 0.338 e. The molecule has 0 radical (unpaired) electrons. The molecule has 0 heterocycles. The lowest BCUT2D eigenvalue weighted by Crippen LogP contribution is -2.16. The molecule has 0 aliphatic carbocycles. The van der Waals surface area contributed by atoms with E-state index in [1.807, 2.05) is 6.07 Å². The lowest BCUT2D eigenvalue weighted by molar-refractivity contribution is 0.0599. The Bertz CT molecular complexity index is 469. The first-order chi connectivity index (χ1) is 8.54. The summed E-state index contributed by atoms with van der Waals surface area (Å²) in [5.74, 6) is -0.444. The van der Waals surface area contributed by atoms with Gasteiger partial charge in [-0.2, -0.15) is 0 Å². The molecule has 0 aliphatic rings. The number of hydrogen-bond donors (Lipinski definition) is 2. The van der Waals surface area contributed by atoms with Crippen molar-refractivity contribution < 1.29 is 9.53 Å². The van der Waals surface area contributed by atoms with E-state index in [1.165, 1.54) is 7.11 Å². The van der Waals surface area contributed by atoms with Crippen LogP contribution in [0, 0.1) is 0 Å². The molecular weight excluding hydrogens is 228 g/mol. The van der Waals surface area contributed by atoms with Crippen LogP contribution in [0.3, 0.4) is 0 Å². The maximum absolute atomic E-state index is 11.7. The van der Waals surface area contributed by atoms with Gasteiger partial charge in [0.05, 0.1) is 12.7 Å². The van der Waals surface area contributed by atoms with Crippen molar-refractivity contribution in [3.63, 3.8) is 0 Å². The van der Waals surface area contributed by atoms with Crippen LogP contribution in [0.2, 0.25) is 0 Å². The van der Waals surface area contributed by atoms with Gasteiger partial charge in [-0.3, -0.25) is 0 Å². The smallest absolute Gasteiger partial charge is 0.338 e. The van der Waals surface area contributed by atoms with Gasteiger partial charge in [0.2, 0.25) is 0 Å². The van der Waals surface area contributed by atoms with E-state index < -0.39 is 12.0 Å². The molecule has 0 saturated heterocycles. The molecule has 96 valence electrons. The van der Waals surface area contributed by atoms with Gasteiger partial charge < -0.3 is 16.2 Å². The summed E-state index contributed by atoms with van der Waals surface area (Å²) in [6, 6.07) is 4.50. The van der Waals surface area contributed by atoms with Crippen molar-refractivity contribution in [2.45, 2.75) is 12.1 Å². The average Bonchev–Trinajstić information content (AvgIpc) is 2.43. The molecule has 0 spiro atoms. The third-order valence-electron chi connectivity index (χ3n) is 2.73. The van der Waals surface area contributed by atoms with Gasteiger partial charge in [-0.1, -0.05) is 24.3 Å². The average molecular weight is 246 g/mol. The lowest BCUT2D eigenvalue weighted by atomic mass is 9.96. The zero-order valence-electron chi connectivity index (χ0n) is 10.4. The van der Waals surface area contributed by atoms with Crippen molar-refractivity contribution in [2.24, 2.45) is 11.5 Å². The molecule has 18 heavy (non-hydrogen) atoms. The third kappa shape index (κ3) is 2.85. The minimum atomic E-state index is -0.444. The normalized spacial score (nSPS) is 13.5. The Kier molecular flexibility index (Phi) is 4.83. The van der Waals surface area contributed by atoms with Gasteiger partial charge in [0, 0.05) is 12.1 Å². The minimum Gasteiger partial charge on any atom is -0.465 e. The molecule has 1 aromatic rings. The minimum absolute atomic E-state index is 0.331. The largest absolute Gasteiger partial charge is 0.465 e. The number of hydrogen-bond acceptors (Lipinski definition) is 4. The summed E-state index contributed by atoms with van der Waals surface area (Å²) < 4.78 is 4.74. The number of ether oxygens (including phenoxy) is 1. The van der Waals surface area contributed by atoms with E-state index in [0.29, 0.717) is 11.1 Å². The second-order valence-corrected chi connectivity index (χ2v) is 3.86. The molecule has 0 amide bonds. The number of rotatable bonds is 5. The second-order valence-electron chi connectivity index (χ2n) is 3.86. The van der Waals surface area contributed by atoms with Gasteiger partial charge >= 0.3 is 5.97 Å². The molecule has 0 fully saturated rings. The summed E-state index contributed by atoms with van der Waals surface area (Å²) in [6.07, 6.45) is 3.17. The number of esters is 1. The van der Waals surface area contributed by atoms with Crippen LogP contribution in [0.4, 0.5) is 0 Å². The topological polar surface area (TPSA) is 78.3 Å². The van der Waals surface area contributed by atoms with E-state index in [9.17, 15) is 4.79 Å². The van der Waals surface area contributed by atoms with E-state index in [1.54, 1.807) is 24.3 Å². The Morgan fingerprint density at radius 2 is 1.89 bits per heavy atom. The summed E-state index contributed by atoms with van der Waals surface area (Å²) in [5, 5.41) is 0. The van der Waals surface area contributed by atoms with Crippen LogP contribution >= 0.6 is 0 Å². The number of benzene rings is 1. The molecule has 0 saturated carbocycles. The highest BCUT2D eigenvalue weighted by atomic mass is 16.5. The Labute approximate surface area is 107 Å². The van der Waals surface area contributed by atoms with E-state index in [2.05, 4.69) is 13.2 Å². The van der Waals surface area contributed by atoms with Gasteiger partial charge in [-0.05, 0) is 17.2 Å². The first-order valence-electron chi connectivity index (χ1n) is 5.53. The maximum atomic E-state index is 11.7. The Morgan fingerprint density at radius 1 is 1.28 bits per heavy atom. The standard InChI is InChI=1S/C14H18N2O2/c1-4-12(15)9-6-7-10(13(16)5-2)11(8-9)14(17)18-3/h4-8,12-13H,1-2,15-16H2,3H3. The number of carbonyl (C=O) groups is 1. The molecular formula is C14H18N2O2. The highest BCUT2D eigenvalue weighted by Crippen LogP contribution is 2.22. The van der Waals surface area contributed by atoms with Crippen molar-refractivity contribution in [3.8, 4) is 0 Å². The Balaban J connectivity index is 3.33. The van der Waals surface area contributed by atoms with Crippen molar-refractivity contribution in [1.82, 2.24) is 0 Å². The molecule has 2 unspecified atom stereocenters. The van der Waals surface area contributed by atoms with E-state index in [-0.39, 0.29) is 6.04 Å². The van der Waals surface area contributed by atoms with Crippen LogP contribution in [0.15, 0.2) is 43.5 Å². The predicted octanol–water partition coefficient (Wildman–Crippen LogP) is 1.84. The highest BCUT2D eigenvalue weighted by molar-refractivity contribution is 5.91. The fourth-order valence-corrected chi connectivity index (χ4v) is 1.62. The van der Waals surface area contributed by atoms with E-state index in [4.69, 9.17) is 16.2 Å². The molecule has 0 aliphatic heterocycles. The highest BCUT2D eigenvalue weighted by Gasteiger charge is 2.17. The van der Waals surface area contributed by atoms with Crippen molar-refractivity contribution >= 4 is 5.97 Å². The van der Waals surface area contributed by atoms with Crippen LogP contribution in [0.1, 0.15) is 33.6 Å². The third-order valence-corrected chi connectivity index (χ3v) is 2.73. The first-order valence-corrected chi connectivity index (χ1v) is 5.53. The molecule has 4 heteroatoms. The lowest BCUT2D eigenvalue weighted by Gasteiger charge is -2.15. The predicted molar refractivity (Wildman–Crippen MR) is 72.0 cm³/mol. The number of carbonyl (C=O) groups excluding carboxylic acids is 1. The van der Waals surface area contributed by atoms with E-state index in [0.717, 1.165) is 5.56 Å². The van der Waals surface area contributed by atoms with Crippen LogP contribution in [0.25, 0.3) is 0 Å². The zero-order valence-corrected chi connectivity index (χ0v) is 10.4. The van der Waals surface area contributed by atoms with Crippen LogP contribution in [-0.2, 0) is 4.74 Å². The van der Waals surface area contributed by atoms with Gasteiger partial charge in [-0.15, -0.1) is 13.2 Å². The fourth-order valence-electron chi connectivity index (χ4n) is 1.62. The molecule has 0 aromatic heterocycles. The molecule has 1 aromatic carbocycles. The fraction of sp³-hybridized carbons (Fsp3) is 0.214. The van der Waals surface area contributed by atoms with Gasteiger partial charge in [-0.25, -0.2) is 4.79 Å². The summed E-state index contributed by atoms with van der Waals surface area (Å²) in [5.41, 5.74) is 13.6. The van der Waals surface area contributed by atoms with Gasteiger partial charge in [0.1, 0.15) is 0 Å². The first kappa shape index (κ1) is 14.2. The SMILES string of the molecule is C=CC(N)c1ccc(C(N)C=C)c(C(=O)OC)c1. The summed E-state index contributed by atoms with van der Waals surface area (Å²) >= 11 is 0. The molecule has 0 bridgehead atoms. The second kappa shape index (κ2) is 6.14. The monoisotopic (exact) mass is 246 g/mol. The van der Waals surface area contributed by atoms with E-state index >= 15 is 0 Å². The summed E-state index contributed by atoms with van der Waals surface area (Å²) in [6.45, 7) is 7.24. The molecule has 4 N–H and O–H groups in total. The zero-order chi connectivity index (χ0) is 13.7. The van der Waals surface area contributed by atoms with Crippen molar-refractivity contribution in [3.05, 3.63) is 60.2 Å². The number of nitrogens with two attached hydrogens (primary N) is 2. The Morgan fingerprint density at radius 3 is 2.39 bits per heavy atom. The van der Waals surface area contributed by atoms with Crippen molar-refractivity contribution in [2.75, 3.05) is 7.11 Å². The van der Waals surface area contributed by atoms with Crippen molar-refractivity contribution in [1.29, 1.82) is 0 Å². The van der Waals surface area contributed by atoms with Gasteiger partial charge in [0.15, 0.2) is 0 Å². The Hall–Kier alpha value is -1.91. The van der Waals surface area contributed by atoms with Crippen LogP contribution < -0.4 is 11.5 Å². The van der Waals surface area contributed by atoms with Gasteiger partial charge in [0.25, 0.3) is 0 Å².